The maximum Gasteiger partial charge on any atom is 0.260 e. The van der Waals surface area contributed by atoms with Gasteiger partial charge in [-0.25, -0.2) is 4.39 Å². The van der Waals surface area contributed by atoms with Crippen LogP contribution < -0.4 is 9.47 Å². The molecule has 1 atom stereocenters. The number of ether oxygens (including phenoxy) is 2. The lowest BCUT2D eigenvalue weighted by Gasteiger charge is -2.17. The lowest BCUT2D eigenvalue weighted by Crippen LogP contribution is -2.34. The zero-order chi connectivity index (χ0) is 16.1. The highest BCUT2D eigenvalue weighted by atomic mass is 19.1. The van der Waals surface area contributed by atoms with Crippen LogP contribution >= 0.6 is 0 Å². The molecule has 0 N–H and O–H groups in total. The standard InChI is InChI=1S/C17H17FN2O3/c18-13-1-3-14(4-2-13)22-12-17(21)20-10-7-16(11-20)23-15-5-8-19-9-6-15/h1-6,8-9,16H,7,10-12H2/t16-/m0/s1. The number of carbonyl (C=O) groups is 1. The predicted octanol–water partition coefficient (Wildman–Crippen LogP) is 2.28. The van der Waals surface area contributed by atoms with Crippen molar-refractivity contribution in [3.63, 3.8) is 0 Å². The smallest absolute Gasteiger partial charge is 0.260 e. The van der Waals surface area contributed by atoms with E-state index in [0.717, 1.165) is 12.2 Å². The Balaban J connectivity index is 1.46. The number of halogens is 1. The highest BCUT2D eigenvalue weighted by Crippen LogP contribution is 2.18. The summed E-state index contributed by atoms with van der Waals surface area (Å²) in [5.74, 6) is 0.792. The molecule has 6 heteroatoms. The van der Waals surface area contributed by atoms with Gasteiger partial charge in [0, 0.05) is 25.4 Å². The molecule has 0 spiro atoms. The zero-order valence-corrected chi connectivity index (χ0v) is 12.5. The molecule has 1 aliphatic heterocycles. The maximum absolute atomic E-state index is 12.8. The Hall–Kier alpha value is -2.63. The summed E-state index contributed by atoms with van der Waals surface area (Å²) in [7, 11) is 0. The molecule has 5 nitrogen and oxygen atoms in total. The summed E-state index contributed by atoms with van der Waals surface area (Å²) in [5.41, 5.74) is 0. The van der Waals surface area contributed by atoms with Crippen LogP contribution in [0.1, 0.15) is 6.42 Å². The average Bonchev–Trinajstić information content (AvgIpc) is 3.03. The van der Waals surface area contributed by atoms with Gasteiger partial charge in [-0.15, -0.1) is 0 Å². The molecule has 1 saturated heterocycles. The lowest BCUT2D eigenvalue weighted by molar-refractivity contribution is -0.132. The van der Waals surface area contributed by atoms with E-state index in [4.69, 9.17) is 9.47 Å². The molecule has 0 aliphatic carbocycles. The van der Waals surface area contributed by atoms with E-state index in [0.29, 0.717) is 18.8 Å². The van der Waals surface area contributed by atoms with E-state index in [1.165, 1.54) is 24.3 Å². The largest absolute Gasteiger partial charge is 0.488 e. The molecule has 0 saturated carbocycles. The van der Waals surface area contributed by atoms with Crippen molar-refractivity contribution in [1.82, 2.24) is 9.88 Å². The molecule has 3 rings (SSSR count). The molecule has 1 aliphatic rings. The molecular weight excluding hydrogens is 299 g/mol. The van der Waals surface area contributed by atoms with E-state index in [9.17, 15) is 9.18 Å². The fourth-order valence-corrected chi connectivity index (χ4v) is 2.43. The fourth-order valence-electron chi connectivity index (χ4n) is 2.43. The molecule has 2 heterocycles. The first-order chi connectivity index (χ1) is 11.2. The molecule has 2 aromatic rings. The Morgan fingerprint density at radius 3 is 2.65 bits per heavy atom. The third kappa shape index (κ3) is 4.18. The molecule has 1 amide bonds. The molecule has 0 unspecified atom stereocenters. The van der Waals surface area contributed by atoms with Crippen LogP contribution in [-0.4, -0.2) is 41.6 Å². The second kappa shape index (κ2) is 7.09. The number of nitrogens with zero attached hydrogens (tertiary/aromatic N) is 2. The van der Waals surface area contributed by atoms with Gasteiger partial charge in [0.2, 0.25) is 0 Å². The first-order valence-corrected chi connectivity index (χ1v) is 7.43. The van der Waals surface area contributed by atoms with Crippen molar-refractivity contribution in [2.24, 2.45) is 0 Å². The summed E-state index contributed by atoms with van der Waals surface area (Å²) in [5, 5.41) is 0. The molecule has 1 aromatic heterocycles. The first kappa shape index (κ1) is 15.3. The van der Waals surface area contributed by atoms with Crippen molar-refractivity contribution >= 4 is 5.91 Å². The van der Waals surface area contributed by atoms with E-state index in [2.05, 4.69) is 4.98 Å². The third-order valence-corrected chi connectivity index (χ3v) is 3.63. The summed E-state index contributed by atoms with van der Waals surface area (Å²) < 4.78 is 24.0. The van der Waals surface area contributed by atoms with Gasteiger partial charge in [0.25, 0.3) is 5.91 Å². The Kier molecular flexibility index (Phi) is 4.71. The fraction of sp³-hybridized carbons (Fsp3) is 0.294. The van der Waals surface area contributed by atoms with Crippen molar-refractivity contribution in [3.8, 4) is 11.5 Å². The second-order valence-electron chi connectivity index (χ2n) is 5.29. The number of rotatable bonds is 5. The van der Waals surface area contributed by atoms with E-state index in [1.54, 1.807) is 29.4 Å². The van der Waals surface area contributed by atoms with Gasteiger partial charge in [-0.05, 0) is 36.4 Å². The molecule has 1 fully saturated rings. The van der Waals surface area contributed by atoms with Crippen LogP contribution in [0.2, 0.25) is 0 Å². The minimum atomic E-state index is -0.334. The van der Waals surface area contributed by atoms with Gasteiger partial charge in [-0.2, -0.15) is 0 Å². The summed E-state index contributed by atoms with van der Waals surface area (Å²) in [4.78, 5) is 17.8. The maximum atomic E-state index is 12.8. The minimum absolute atomic E-state index is 0.0211. The van der Waals surface area contributed by atoms with Crippen molar-refractivity contribution in [3.05, 3.63) is 54.6 Å². The van der Waals surface area contributed by atoms with Gasteiger partial charge in [0.05, 0.1) is 6.54 Å². The first-order valence-electron chi connectivity index (χ1n) is 7.43. The van der Waals surface area contributed by atoms with Crippen molar-refractivity contribution < 1.29 is 18.7 Å². The average molecular weight is 316 g/mol. The SMILES string of the molecule is O=C(COc1ccc(F)cc1)N1CC[C@H](Oc2ccncc2)C1. The van der Waals surface area contributed by atoms with Gasteiger partial charge >= 0.3 is 0 Å². The van der Waals surface area contributed by atoms with Crippen LogP contribution in [0.5, 0.6) is 11.5 Å². The van der Waals surface area contributed by atoms with Crippen LogP contribution in [-0.2, 0) is 4.79 Å². The van der Waals surface area contributed by atoms with Gasteiger partial charge in [0.15, 0.2) is 6.61 Å². The Bertz CT molecular complexity index is 649. The molecule has 0 bridgehead atoms. The van der Waals surface area contributed by atoms with Gasteiger partial charge < -0.3 is 14.4 Å². The number of amides is 1. The monoisotopic (exact) mass is 316 g/mol. The number of hydrogen-bond acceptors (Lipinski definition) is 4. The van der Waals surface area contributed by atoms with Crippen molar-refractivity contribution in [2.45, 2.75) is 12.5 Å². The van der Waals surface area contributed by atoms with Crippen LogP contribution in [0, 0.1) is 5.82 Å². The van der Waals surface area contributed by atoms with Crippen LogP contribution in [0.25, 0.3) is 0 Å². The molecule has 23 heavy (non-hydrogen) atoms. The minimum Gasteiger partial charge on any atom is -0.488 e. The topological polar surface area (TPSA) is 51.7 Å². The second-order valence-corrected chi connectivity index (χ2v) is 5.29. The summed E-state index contributed by atoms with van der Waals surface area (Å²) >= 11 is 0. The van der Waals surface area contributed by atoms with Crippen molar-refractivity contribution in [1.29, 1.82) is 0 Å². The number of carbonyl (C=O) groups excluding carboxylic acids is 1. The highest BCUT2D eigenvalue weighted by Gasteiger charge is 2.27. The summed E-state index contributed by atoms with van der Waals surface area (Å²) in [6, 6.07) is 9.19. The highest BCUT2D eigenvalue weighted by molar-refractivity contribution is 5.78. The van der Waals surface area contributed by atoms with Crippen LogP contribution in [0.4, 0.5) is 4.39 Å². The zero-order valence-electron chi connectivity index (χ0n) is 12.5. The van der Waals surface area contributed by atoms with E-state index in [1.807, 2.05) is 0 Å². The number of pyridine rings is 1. The van der Waals surface area contributed by atoms with E-state index >= 15 is 0 Å². The summed E-state index contributed by atoms with van der Waals surface area (Å²) in [6.45, 7) is 1.11. The van der Waals surface area contributed by atoms with Crippen molar-refractivity contribution in [2.75, 3.05) is 19.7 Å². The van der Waals surface area contributed by atoms with Gasteiger partial charge in [-0.3, -0.25) is 9.78 Å². The van der Waals surface area contributed by atoms with Crippen LogP contribution in [0.15, 0.2) is 48.8 Å². The number of aromatic nitrogens is 1. The molecule has 1 aromatic carbocycles. The van der Waals surface area contributed by atoms with E-state index < -0.39 is 0 Å². The number of benzene rings is 1. The summed E-state index contributed by atoms with van der Waals surface area (Å²) in [6.07, 6.45) is 4.10. The van der Waals surface area contributed by atoms with Crippen LogP contribution in [0.3, 0.4) is 0 Å². The molecular formula is C17H17FN2O3. The molecule has 0 radical (unpaired) electrons. The lowest BCUT2D eigenvalue weighted by atomic mass is 10.3. The van der Waals surface area contributed by atoms with E-state index in [-0.39, 0.29) is 24.4 Å². The predicted molar refractivity (Wildman–Crippen MR) is 81.7 cm³/mol. The van der Waals surface area contributed by atoms with Gasteiger partial charge in [0.1, 0.15) is 23.4 Å². The molecule has 120 valence electrons. The Labute approximate surface area is 133 Å². The normalized spacial score (nSPS) is 17.1. The number of likely N-dealkylation sites (tertiary alicyclic amines) is 1. The quantitative estimate of drug-likeness (QED) is 0.849. The number of hydrogen-bond donors (Lipinski definition) is 0. The third-order valence-electron chi connectivity index (χ3n) is 3.63. The Morgan fingerprint density at radius 2 is 1.91 bits per heavy atom. The van der Waals surface area contributed by atoms with Gasteiger partial charge in [-0.1, -0.05) is 0 Å². The Morgan fingerprint density at radius 1 is 1.17 bits per heavy atom.